The van der Waals surface area contributed by atoms with Crippen molar-refractivity contribution in [2.24, 2.45) is 0 Å². The third-order valence-corrected chi connectivity index (χ3v) is 4.88. The molecule has 0 fully saturated rings. The molecule has 130 valence electrons. The molecule has 1 aliphatic rings. The van der Waals surface area contributed by atoms with Crippen LogP contribution in [0.15, 0.2) is 40.9 Å². The summed E-state index contributed by atoms with van der Waals surface area (Å²) in [5.74, 6) is -0.354. The van der Waals surface area contributed by atoms with Gasteiger partial charge in [0.15, 0.2) is 6.17 Å². The normalized spacial score (nSPS) is 19.6. The fraction of sp³-hybridized carbons (Fsp3) is 0.235. The van der Waals surface area contributed by atoms with E-state index in [4.69, 9.17) is 0 Å². The maximum atomic E-state index is 14.5. The van der Waals surface area contributed by atoms with E-state index in [0.717, 1.165) is 0 Å². The van der Waals surface area contributed by atoms with Crippen molar-refractivity contribution in [3.8, 4) is 5.75 Å². The maximum absolute atomic E-state index is 14.5. The van der Waals surface area contributed by atoms with Crippen LogP contribution < -0.4 is 4.74 Å². The van der Waals surface area contributed by atoms with Crippen molar-refractivity contribution >= 4 is 27.0 Å². The van der Waals surface area contributed by atoms with Gasteiger partial charge in [0.05, 0.1) is 21.5 Å². The van der Waals surface area contributed by atoms with Crippen molar-refractivity contribution < 1.29 is 22.3 Å². The Morgan fingerprint density at radius 3 is 2.76 bits per heavy atom. The largest absolute Gasteiger partial charge is 0.434 e. The Labute approximate surface area is 148 Å². The fourth-order valence-corrected chi connectivity index (χ4v) is 3.62. The molecule has 25 heavy (non-hydrogen) atoms. The van der Waals surface area contributed by atoms with Crippen LogP contribution in [0.4, 0.5) is 17.6 Å². The van der Waals surface area contributed by atoms with Crippen molar-refractivity contribution in [2.75, 3.05) is 0 Å². The Morgan fingerprint density at radius 2 is 2.00 bits per heavy atom. The lowest BCUT2D eigenvalue weighted by atomic mass is 10.0. The lowest BCUT2D eigenvalue weighted by Crippen LogP contribution is -2.10. The van der Waals surface area contributed by atoms with Crippen LogP contribution in [0.3, 0.4) is 0 Å². The molecule has 0 amide bonds. The number of aromatic nitrogens is 2. The van der Waals surface area contributed by atoms with E-state index in [1.165, 1.54) is 18.2 Å². The zero-order valence-electron chi connectivity index (χ0n) is 12.6. The van der Waals surface area contributed by atoms with E-state index in [-0.39, 0.29) is 22.5 Å². The number of fused-ring (bicyclic) bond motifs is 3. The summed E-state index contributed by atoms with van der Waals surface area (Å²) >= 11 is 3.11. The summed E-state index contributed by atoms with van der Waals surface area (Å²) in [6, 6.07) is 8.45. The van der Waals surface area contributed by atoms with Gasteiger partial charge in [-0.15, -0.1) is 0 Å². The molecule has 4 rings (SSSR count). The topological polar surface area (TPSA) is 27.1 Å². The van der Waals surface area contributed by atoms with Crippen molar-refractivity contribution in [3.05, 3.63) is 58.1 Å². The van der Waals surface area contributed by atoms with E-state index in [1.807, 2.05) is 0 Å². The lowest BCUT2D eigenvalue weighted by Gasteiger charge is -2.18. The highest BCUT2D eigenvalue weighted by molar-refractivity contribution is 9.10. The third-order valence-electron chi connectivity index (χ3n) is 4.27. The molecule has 2 heterocycles. The molecule has 0 saturated carbocycles. The molecule has 0 saturated heterocycles. The molecule has 2 aromatic carbocycles. The number of nitrogens with zero attached hydrogens (tertiary/aromatic N) is 2. The number of ether oxygens (including phenoxy) is 1. The molecule has 8 heteroatoms. The van der Waals surface area contributed by atoms with E-state index >= 15 is 0 Å². The van der Waals surface area contributed by atoms with E-state index in [0.29, 0.717) is 16.6 Å². The van der Waals surface area contributed by atoms with Gasteiger partial charge in [0, 0.05) is 18.1 Å². The molecule has 3 aromatic rings. The minimum absolute atomic E-state index is 0.00872. The second-order valence-electron chi connectivity index (χ2n) is 5.73. The molecule has 0 spiro atoms. The van der Waals surface area contributed by atoms with Crippen LogP contribution in [0.2, 0.25) is 0 Å². The molecule has 1 aromatic heterocycles. The molecular weight excluding hydrogens is 404 g/mol. The number of alkyl halides is 3. The first-order valence-corrected chi connectivity index (χ1v) is 8.29. The zero-order valence-corrected chi connectivity index (χ0v) is 14.2. The van der Waals surface area contributed by atoms with E-state index in [9.17, 15) is 17.6 Å². The first kappa shape index (κ1) is 16.4. The Morgan fingerprint density at radius 1 is 1.24 bits per heavy atom. The van der Waals surface area contributed by atoms with Crippen LogP contribution in [0, 0.1) is 5.82 Å². The number of hydrogen-bond donors (Lipinski definition) is 0. The van der Waals surface area contributed by atoms with Gasteiger partial charge in [0.2, 0.25) is 0 Å². The molecule has 0 bridgehead atoms. The molecule has 0 aliphatic carbocycles. The van der Waals surface area contributed by atoms with Crippen LogP contribution in [0.25, 0.3) is 11.0 Å². The van der Waals surface area contributed by atoms with Gasteiger partial charge in [0.25, 0.3) is 0 Å². The Kier molecular flexibility index (Phi) is 3.94. The summed E-state index contributed by atoms with van der Waals surface area (Å²) in [5.41, 5.74) is 1.28. The van der Waals surface area contributed by atoms with Gasteiger partial charge in [-0.2, -0.15) is 8.78 Å². The fourth-order valence-electron chi connectivity index (χ4n) is 3.29. The minimum atomic E-state index is -2.98. The van der Waals surface area contributed by atoms with Crippen LogP contribution in [-0.2, 0) is 0 Å². The molecule has 0 N–H and O–H groups in total. The van der Waals surface area contributed by atoms with Gasteiger partial charge < -0.3 is 9.30 Å². The quantitative estimate of drug-likeness (QED) is 0.525. The second-order valence-corrected chi connectivity index (χ2v) is 6.58. The predicted molar refractivity (Wildman–Crippen MR) is 87.1 cm³/mol. The number of para-hydroxylation sites is 1. The van der Waals surface area contributed by atoms with E-state index in [2.05, 4.69) is 25.7 Å². The number of halogens is 5. The lowest BCUT2D eigenvalue weighted by molar-refractivity contribution is -0.0507. The summed E-state index contributed by atoms with van der Waals surface area (Å²) in [5, 5.41) is 0. The van der Waals surface area contributed by atoms with Gasteiger partial charge in [-0.05, 0) is 28.1 Å². The molecule has 3 nitrogen and oxygen atoms in total. The van der Waals surface area contributed by atoms with Gasteiger partial charge in [-0.25, -0.2) is 13.8 Å². The van der Waals surface area contributed by atoms with Crippen molar-refractivity contribution in [1.82, 2.24) is 9.55 Å². The first-order valence-electron chi connectivity index (χ1n) is 7.50. The number of benzene rings is 2. The summed E-state index contributed by atoms with van der Waals surface area (Å²) in [7, 11) is 0. The molecule has 0 radical (unpaired) electrons. The van der Waals surface area contributed by atoms with Crippen LogP contribution in [0.1, 0.15) is 30.0 Å². The number of imidazole rings is 1. The summed E-state index contributed by atoms with van der Waals surface area (Å²) in [6.07, 6.45) is -1.32. The van der Waals surface area contributed by atoms with E-state index < -0.39 is 24.6 Å². The SMILES string of the molecule is Fc1cc2nc3n(c2cc1Br)C(c1ccccc1OC(F)F)C[C@H]3F. The Bertz CT molecular complexity index is 959. The van der Waals surface area contributed by atoms with Crippen LogP contribution in [-0.4, -0.2) is 16.2 Å². The monoisotopic (exact) mass is 414 g/mol. The van der Waals surface area contributed by atoms with Crippen LogP contribution >= 0.6 is 15.9 Å². The highest BCUT2D eigenvalue weighted by atomic mass is 79.9. The van der Waals surface area contributed by atoms with Crippen LogP contribution in [0.5, 0.6) is 5.75 Å². The molecule has 1 aliphatic heterocycles. The highest BCUT2D eigenvalue weighted by Crippen LogP contribution is 2.45. The molecule has 2 atom stereocenters. The van der Waals surface area contributed by atoms with Crippen molar-refractivity contribution in [1.29, 1.82) is 0 Å². The van der Waals surface area contributed by atoms with Crippen molar-refractivity contribution in [3.63, 3.8) is 0 Å². The number of hydrogen-bond acceptors (Lipinski definition) is 2. The predicted octanol–water partition coefficient (Wildman–Crippen LogP) is 5.54. The smallest absolute Gasteiger partial charge is 0.387 e. The third kappa shape index (κ3) is 2.68. The first-order chi connectivity index (χ1) is 12.0. The molecule has 1 unspecified atom stereocenters. The maximum Gasteiger partial charge on any atom is 0.387 e. The number of rotatable bonds is 3. The van der Waals surface area contributed by atoms with E-state index in [1.54, 1.807) is 22.8 Å². The second kappa shape index (κ2) is 6.01. The standard InChI is InChI=1S/C17H11BrF4N2O/c18-9-5-14-12(6-10(9)19)23-16-11(20)7-13(24(14)16)8-3-1-2-4-15(8)25-17(21)22/h1-6,11,13,17H,7H2/t11-,13?/m1/s1. The summed E-state index contributed by atoms with van der Waals surface area (Å²) < 4.78 is 60.1. The highest BCUT2D eigenvalue weighted by Gasteiger charge is 2.36. The summed E-state index contributed by atoms with van der Waals surface area (Å²) in [4.78, 5) is 4.18. The molecular formula is C17H11BrF4N2O. The van der Waals surface area contributed by atoms with Crippen molar-refractivity contribution in [2.45, 2.75) is 25.2 Å². The van der Waals surface area contributed by atoms with Gasteiger partial charge in [0.1, 0.15) is 17.4 Å². The average molecular weight is 415 g/mol. The minimum Gasteiger partial charge on any atom is -0.434 e. The summed E-state index contributed by atoms with van der Waals surface area (Å²) in [6.45, 7) is -2.98. The average Bonchev–Trinajstić information content (AvgIpc) is 3.06. The zero-order chi connectivity index (χ0) is 17.7. The Hall–Kier alpha value is -2.09. The van der Waals surface area contributed by atoms with Gasteiger partial charge >= 0.3 is 6.61 Å². The Balaban J connectivity index is 1.90. The van der Waals surface area contributed by atoms with Gasteiger partial charge in [-0.3, -0.25) is 0 Å². The van der Waals surface area contributed by atoms with Gasteiger partial charge in [-0.1, -0.05) is 18.2 Å².